The zero-order valence-electron chi connectivity index (χ0n) is 7.09. The number of rotatable bonds is 1. The highest BCUT2D eigenvalue weighted by Gasteiger charge is 2.41. The molecule has 1 aromatic rings. The standard InChI is InChI=1S/C9H10N2S2/c1-2-4-10-7(3-1)11-8-5-12-9(11)6-13-8/h1-4,8-9H,5-6H2. The van der Waals surface area contributed by atoms with Gasteiger partial charge in [-0.1, -0.05) is 6.07 Å². The normalized spacial score (nSPS) is 31.2. The van der Waals surface area contributed by atoms with E-state index in [1.54, 1.807) is 0 Å². The summed E-state index contributed by atoms with van der Waals surface area (Å²) < 4.78 is 0. The Balaban J connectivity index is 1.94. The predicted octanol–water partition coefficient (Wildman–Crippen LogP) is 2.03. The van der Waals surface area contributed by atoms with E-state index in [4.69, 9.17) is 0 Å². The largest absolute Gasteiger partial charge is 0.331 e. The van der Waals surface area contributed by atoms with Gasteiger partial charge in [-0.15, -0.1) is 23.5 Å². The van der Waals surface area contributed by atoms with E-state index in [1.165, 1.54) is 11.5 Å². The van der Waals surface area contributed by atoms with Crippen molar-refractivity contribution in [2.45, 2.75) is 10.7 Å². The molecular formula is C9H10N2S2. The summed E-state index contributed by atoms with van der Waals surface area (Å²) >= 11 is 4.12. The molecule has 2 unspecified atom stereocenters. The lowest BCUT2D eigenvalue weighted by molar-refractivity contribution is 0.855. The molecule has 2 bridgehead atoms. The Morgan fingerprint density at radius 2 is 2.00 bits per heavy atom. The van der Waals surface area contributed by atoms with Crippen LogP contribution in [0.3, 0.4) is 0 Å². The van der Waals surface area contributed by atoms with Crippen molar-refractivity contribution in [1.29, 1.82) is 0 Å². The van der Waals surface area contributed by atoms with Crippen molar-refractivity contribution in [1.82, 2.24) is 4.98 Å². The molecule has 2 saturated heterocycles. The first-order chi connectivity index (χ1) is 6.45. The van der Waals surface area contributed by atoms with Crippen molar-refractivity contribution < 1.29 is 0 Å². The molecule has 2 fully saturated rings. The molecule has 0 radical (unpaired) electrons. The van der Waals surface area contributed by atoms with Crippen LogP contribution in [0.2, 0.25) is 0 Å². The SMILES string of the molecule is c1ccc(N2C3CSC2CS3)nc1. The average molecular weight is 210 g/mol. The number of thioether (sulfide) groups is 2. The lowest BCUT2D eigenvalue weighted by Gasteiger charge is -2.20. The maximum Gasteiger partial charge on any atom is 0.130 e. The number of anilines is 1. The van der Waals surface area contributed by atoms with Crippen molar-refractivity contribution in [2.24, 2.45) is 0 Å². The van der Waals surface area contributed by atoms with Crippen LogP contribution >= 0.6 is 23.5 Å². The number of pyridine rings is 1. The van der Waals surface area contributed by atoms with Crippen LogP contribution in [0, 0.1) is 0 Å². The van der Waals surface area contributed by atoms with Gasteiger partial charge in [0.15, 0.2) is 0 Å². The average Bonchev–Trinajstić information content (AvgIpc) is 2.78. The summed E-state index contributed by atoms with van der Waals surface area (Å²) in [6.07, 6.45) is 1.88. The molecule has 1 aromatic heterocycles. The van der Waals surface area contributed by atoms with E-state index in [0.29, 0.717) is 10.7 Å². The summed E-state index contributed by atoms with van der Waals surface area (Å²) in [5.41, 5.74) is 0. The minimum atomic E-state index is 0.671. The molecule has 2 atom stereocenters. The van der Waals surface area contributed by atoms with Crippen molar-refractivity contribution in [2.75, 3.05) is 16.4 Å². The molecule has 13 heavy (non-hydrogen) atoms. The molecule has 2 aliphatic heterocycles. The molecule has 0 saturated carbocycles. The first-order valence-electron chi connectivity index (χ1n) is 4.38. The molecule has 2 nitrogen and oxygen atoms in total. The maximum absolute atomic E-state index is 4.40. The topological polar surface area (TPSA) is 16.1 Å². The van der Waals surface area contributed by atoms with Crippen LogP contribution in [0.15, 0.2) is 24.4 Å². The third-order valence-corrected chi connectivity index (χ3v) is 5.39. The lowest BCUT2D eigenvalue weighted by Crippen LogP contribution is -2.28. The van der Waals surface area contributed by atoms with E-state index in [1.807, 2.05) is 12.3 Å². The fourth-order valence-corrected chi connectivity index (χ4v) is 5.04. The zero-order chi connectivity index (χ0) is 8.67. The maximum atomic E-state index is 4.40. The van der Waals surface area contributed by atoms with Crippen LogP contribution in [0.1, 0.15) is 0 Å². The van der Waals surface area contributed by atoms with E-state index < -0.39 is 0 Å². The molecule has 3 heterocycles. The van der Waals surface area contributed by atoms with Gasteiger partial charge in [0.05, 0.1) is 10.7 Å². The monoisotopic (exact) mass is 210 g/mol. The molecule has 0 aliphatic carbocycles. The van der Waals surface area contributed by atoms with Gasteiger partial charge >= 0.3 is 0 Å². The van der Waals surface area contributed by atoms with Gasteiger partial charge in [-0.2, -0.15) is 0 Å². The predicted molar refractivity (Wildman–Crippen MR) is 59.2 cm³/mol. The van der Waals surface area contributed by atoms with Gasteiger partial charge < -0.3 is 4.90 Å². The second-order valence-corrected chi connectivity index (χ2v) is 5.59. The van der Waals surface area contributed by atoms with Crippen molar-refractivity contribution >= 4 is 29.3 Å². The first kappa shape index (κ1) is 8.00. The van der Waals surface area contributed by atoms with Gasteiger partial charge in [0.2, 0.25) is 0 Å². The van der Waals surface area contributed by atoms with Crippen LogP contribution in [-0.2, 0) is 0 Å². The smallest absolute Gasteiger partial charge is 0.130 e. The molecule has 3 rings (SSSR count). The van der Waals surface area contributed by atoms with E-state index >= 15 is 0 Å². The quantitative estimate of drug-likeness (QED) is 0.704. The second-order valence-electron chi connectivity index (χ2n) is 3.17. The third kappa shape index (κ3) is 1.23. The Labute approximate surface area is 86.1 Å². The molecule has 2 aliphatic rings. The highest BCUT2D eigenvalue weighted by atomic mass is 32.2. The molecule has 0 aromatic carbocycles. The second kappa shape index (κ2) is 3.10. The van der Waals surface area contributed by atoms with Crippen molar-refractivity contribution in [3.05, 3.63) is 24.4 Å². The highest BCUT2D eigenvalue weighted by Crippen LogP contribution is 2.45. The Kier molecular flexibility index (Phi) is 1.91. The van der Waals surface area contributed by atoms with Crippen LogP contribution in [-0.4, -0.2) is 27.2 Å². The van der Waals surface area contributed by atoms with Gasteiger partial charge in [-0.3, -0.25) is 0 Å². The van der Waals surface area contributed by atoms with Crippen LogP contribution in [0.5, 0.6) is 0 Å². The lowest BCUT2D eigenvalue weighted by atomic mass is 10.4. The Hall–Kier alpha value is -0.350. The molecule has 0 amide bonds. The third-order valence-electron chi connectivity index (χ3n) is 2.40. The Bertz CT molecular complexity index is 284. The van der Waals surface area contributed by atoms with Gasteiger partial charge in [0, 0.05) is 17.7 Å². The molecule has 0 spiro atoms. The van der Waals surface area contributed by atoms with E-state index in [9.17, 15) is 0 Å². The molecule has 68 valence electrons. The Morgan fingerprint density at radius 1 is 1.23 bits per heavy atom. The highest BCUT2D eigenvalue weighted by molar-refractivity contribution is 8.08. The summed E-state index contributed by atoms with van der Waals surface area (Å²) in [6.45, 7) is 0. The number of nitrogens with zero attached hydrogens (tertiary/aromatic N) is 2. The summed E-state index contributed by atoms with van der Waals surface area (Å²) in [4.78, 5) is 6.85. The minimum absolute atomic E-state index is 0.671. The van der Waals surface area contributed by atoms with Crippen molar-refractivity contribution in [3.63, 3.8) is 0 Å². The fraction of sp³-hybridized carbons (Fsp3) is 0.444. The molecule has 0 N–H and O–H groups in total. The van der Waals surface area contributed by atoms with Gasteiger partial charge in [-0.05, 0) is 12.1 Å². The summed E-state index contributed by atoms with van der Waals surface area (Å²) in [6, 6.07) is 6.15. The van der Waals surface area contributed by atoms with E-state index in [2.05, 4.69) is 45.5 Å². The van der Waals surface area contributed by atoms with E-state index in [-0.39, 0.29) is 0 Å². The molecule has 4 heteroatoms. The fourth-order valence-electron chi connectivity index (χ4n) is 1.79. The van der Waals surface area contributed by atoms with Crippen LogP contribution in [0.25, 0.3) is 0 Å². The Morgan fingerprint density at radius 3 is 2.54 bits per heavy atom. The number of hydrogen-bond acceptors (Lipinski definition) is 4. The number of fused-ring (bicyclic) bond motifs is 2. The number of hydrogen-bond donors (Lipinski definition) is 0. The van der Waals surface area contributed by atoms with Crippen molar-refractivity contribution in [3.8, 4) is 0 Å². The first-order valence-corrected chi connectivity index (χ1v) is 6.47. The van der Waals surface area contributed by atoms with Gasteiger partial charge in [-0.25, -0.2) is 4.98 Å². The summed E-state index contributed by atoms with van der Waals surface area (Å²) in [5.74, 6) is 3.66. The minimum Gasteiger partial charge on any atom is -0.331 e. The van der Waals surface area contributed by atoms with Gasteiger partial charge in [0.1, 0.15) is 5.82 Å². The zero-order valence-corrected chi connectivity index (χ0v) is 8.72. The molecular weight excluding hydrogens is 200 g/mol. The number of aromatic nitrogens is 1. The van der Waals surface area contributed by atoms with Crippen LogP contribution in [0.4, 0.5) is 5.82 Å². The summed E-state index contributed by atoms with van der Waals surface area (Å²) in [7, 11) is 0. The van der Waals surface area contributed by atoms with Gasteiger partial charge in [0.25, 0.3) is 0 Å². The summed E-state index contributed by atoms with van der Waals surface area (Å²) in [5, 5.41) is 1.34. The van der Waals surface area contributed by atoms with E-state index in [0.717, 1.165) is 5.82 Å². The van der Waals surface area contributed by atoms with Crippen LogP contribution < -0.4 is 4.90 Å².